The molecule has 1 aromatic heterocycles. The first-order chi connectivity index (χ1) is 8.37. The molecule has 1 heterocycles. The summed E-state index contributed by atoms with van der Waals surface area (Å²) in [5, 5.41) is 0. The van der Waals surface area contributed by atoms with Crippen molar-refractivity contribution in [3.63, 3.8) is 0 Å². The van der Waals surface area contributed by atoms with Crippen LogP contribution in [0.1, 0.15) is 17.7 Å². The molecule has 0 saturated heterocycles. The van der Waals surface area contributed by atoms with Crippen LogP contribution in [-0.2, 0) is 16.1 Å². The number of rotatable bonds is 6. The molecule has 0 atom stereocenters. The highest BCUT2D eigenvalue weighted by atomic mass is 79.9. The number of nitrogens with one attached hydrogen (secondary N) is 1. The molecule has 0 aliphatic carbocycles. The molecule has 0 spiro atoms. The molecule has 3 nitrogen and oxygen atoms in total. The van der Waals surface area contributed by atoms with Crippen LogP contribution in [0.25, 0.3) is 0 Å². The Morgan fingerprint density at radius 3 is 2.72 bits per heavy atom. The van der Waals surface area contributed by atoms with Crippen LogP contribution < -0.4 is 5.48 Å². The Labute approximate surface area is 114 Å². The molecule has 8 heteroatoms. The topological polar surface area (TPSA) is 38.3 Å². The van der Waals surface area contributed by atoms with E-state index >= 15 is 0 Å². The Bertz CT molecular complexity index is 395. The normalized spacial score (nSPS) is 11.6. The van der Waals surface area contributed by atoms with Crippen molar-refractivity contribution in [1.29, 1.82) is 0 Å². The number of thiophene rings is 1. The third kappa shape index (κ3) is 6.97. The van der Waals surface area contributed by atoms with Crippen molar-refractivity contribution in [1.82, 2.24) is 5.48 Å². The van der Waals surface area contributed by atoms with Crippen LogP contribution in [0.15, 0.2) is 15.9 Å². The quantitative estimate of drug-likeness (QED) is 0.802. The molecule has 0 unspecified atom stereocenters. The second-order valence-electron chi connectivity index (χ2n) is 3.49. The highest BCUT2D eigenvalue weighted by Crippen LogP contribution is 2.23. The van der Waals surface area contributed by atoms with Crippen LogP contribution in [0.5, 0.6) is 0 Å². The van der Waals surface area contributed by atoms with Gasteiger partial charge >= 0.3 is 6.18 Å². The van der Waals surface area contributed by atoms with Gasteiger partial charge in [-0.25, -0.2) is 5.48 Å². The van der Waals surface area contributed by atoms with E-state index in [2.05, 4.69) is 20.8 Å². The van der Waals surface area contributed by atoms with Gasteiger partial charge in [-0.05, 0) is 40.9 Å². The number of hydrogen-bond acceptors (Lipinski definition) is 3. The van der Waals surface area contributed by atoms with Gasteiger partial charge in [0.15, 0.2) is 6.61 Å². The number of halogens is 4. The molecule has 18 heavy (non-hydrogen) atoms. The highest BCUT2D eigenvalue weighted by molar-refractivity contribution is 9.11. The van der Waals surface area contributed by atoms with Crippen molar-refractivity contribution in [2.75, 3.05) is 6.61 Å². The van der Waals surface area contributed by atoms with Crippen LogP contribution in [-0.4, -0.2) is 18.7 Å². The lowest BCUT2D eigenvalue weighted by Gasteiger charge is -2.07. The average molecular weight is 346 g/mol. The lowest BCUT2D eigenvalue weighted by Crippen LogP contribution is -2.29. The van der Waals surface area contributed by atoms with Crippen molar-refractivity contribution in [2.24, 2.45) is 0 Å². The summed E-state index contributed by atoms with van der Waals surface area (Å²) in [7, 11) is 0. The van der Waals surface area contributed by atoms with Gasteiger partial charge in [-0.2, -0.15) is 13.2 Å². The molecule has 1 amide bonds. The van der Waals surface area contributed by atoms with Gasteiger partial charge in [-0.15, -0.1) is 11.3 Å². The van der Waals surface area contributed by atoms with E-state index in [9.17, 15) is 18.0 Å². The summed E-state index contributed by atoms with van der Waals surface area (Å²) in [5.41, 5.74) is 1.77. The Hall–Kier alpha value is -0.600. The van der Waals surface area contributed by atoms with E-state index in [0.29, 0.717) is 12.8 Å². The van der Waals surface area contributed by atoms with Crippen molar-refractivity contribution < 1.29 is 22.8 Å². The monoisotopic (exact) mass is 345 g/mol. The maximum Gasteiger partial charge on any atom is 0.414 e. The minimum absolute atomic E-state index is 0.132. The Morgan fingerprint density at radius 1 is 1.44 bits per heavy atom. The van der Waals surface area contributed by atoms with Crippen LogP contribution in [0.3, 0.4) is 0 Å². The first-order valence-electron chi connectivity index (χ1n) is 5.08. The van der Waals surface area contributed by atoms with E-state index in [1.54, 1.807) is 16.8 Å². The standard InChI is InChI=1S/C10H11BrF3NO2S/c11-8-5-4-7(18-8)2-1-3-9(16)15-17-6-10(12,13)14/h4-5H,1-3,6H2,(H,15,16). The second-order valence-corrected chi connectivity index (χ2v) is 6.04. The highest BCUT2D eigenvalue weighted by Gasteiger charge is 2.28. The van der Waals surface area contributed by atoms with Gasteiger partial charge in [0.25, 0.3) is 0 Å². The van der Waals surface area contributed by atoms with Gasteiger partial charge in [0.05, 0.1) is 3.79 Å². The first kappa shape index (κ1) is 15.5. The fraction of sp³-hybridized carbons (Fsp3) is 0.500. The van der Waals surface area contributed by atoms with Gasteiger partial charge in [-0.1, -0.05) is 0 Å². The minimum Gasteiger partial charge on any atom is -0.273 e. The molecular formula is C10H11BrF3NO2S. The Kier molecular flexibility index (Phi) is 6.10. The predicted octanol–water partition coefficient (Wildman–Crippen LogP) is 3.44. The molecule has 0 radical (unpaired) electrons. The molecule has 0 aliphatic heterocycles. The van der Waals surface area contributed by atoms with Crippen molar-refractivity contribution in [3.05, 3.63) is 20.8 Å². The van der Waals surface area contributed by atoms with Crippen LogP contribution in [0, 0.1) is 0 Å². The number of carbonyl (C=O) groups is 1. The zero-order valence-electron chi connectivity index (χ0n) is 9.22. The number of amides is 1. The lowest BCUT2D eigenvalue weighted by molar-refractivity contribution is -0.191. The molecule has 0 bridgehead atoms. The smallest absolute Gasteiger partial charge is 0.273 e. The van der Waals surface area contributed by atoms with E-state index < -0.39 is 18.7 Å². The fourth-order valence-corrected chi connectivity index (χ4v) is 2.68. The number of hydroxylamine groups is 1. The molecule has 1 aromatic rings. The molecule has 1 N–H and O–H groups in total. The van der Waals surface area contributed by atoms with Gasteiger partial charge in [0.2, 0.25) is 5.91 Å². The fourth-order valence-electron chi connectivity index (χ4n) is 1.16. The molecule has 0 fully saturated rings. The number of carbonyl (C=O) groups excluding carboxylic acids is 1. The summed E-state index contributed by atoms with van der Waals surface area (Å²) < 4.78 is 36.1. The van der Waals surface area contributed by atoms with Crippen LogP contribution >= 0.6 is 27.3 Å². The number of alkyl halides is 3. The van der Waals surface area contributed by atoms with Gasteiger partial charge in [0.1, 0.15) is 0 Å². The van der Waals surface area contributed by atoms with Gasteiger partial charge in [0, 0.05) is 11.3 Å². The summed E-state index contributed by atoms with van der Waals surface area (Å²) in [6, 6.07) is 3.85. The van der Waals surface area contributed by atoms with Crippen molar-refractivity contribution in [3.8, 4) is 0 Å². The third-order valence-electron chi connectivity index (χ3n) is 1.88. The van der Waals surface area contributed by atoms with Crippen molar-refractivity contribution >= 4 is 33.2 Å². The third-order valence-corrected chi connectivity index (χ3v) is 3.56. The molecule has 1 rings (SSSR count). The lowest BCUT2D eigenvalue weighted by atomic mass is 10.2. The van der Waals surface area contributed by atoms with E-state index in [-0.39, 0.29) is 6.42 Å². The maximum atomic E-state index is 11.7. The van der Waals surface area contributed by atoms with E-state index in [0.717, 1.165) is 8.66 Å². The number of aryl methyl sites for hydroxylation is 1. The molecule has 0 aliphatic rings. The van der Waals surface area contributed by atoms with Crippen LogP contribution in [0.2, 0.25) is 0 Å². The molecule has 102 valence electrons. The summed E-state index contributed by atoms with van der Waals surface area (Å²) in [6.45, 7) is -1.48. The largest absolute Gasteiger partial charge is 0.414 e. The second kappa shape index (κ2) is 7.10. The summed E-state index contributed by atoms with van der Waals surface area (Å²) >= 11 is 4.88. The Balaban J connectivity index is 2.10. The summed E-state index contributed by atoms with van der Waals surface area (Å²) in [5.74, 6) is -0.546. The summed E-state index contributed by atoms with van der Waals surface area (Å²) in [6.07, 6.45) is -3.03. The number of hydrogen-bond donors (Lipinski definition) is 1. The molecular weight excluding hydrogens is 335 g/mol. The van der Waals surface area contributed by atoms with E-state index in [1.165, 1.54) is 0 Å². The maximum absolute atomic E-state index is 11.7. The predicted molar refractivity (Wildman–Crippen MR) is 65.1 cm³/mol. The van der Waals surface area contributed by atoms with Crippen molar-refractivity contribution in [2.45, 2.75) is 25.4 Å². The van der Waals surface area contributed by atoms with E-state index in [4.69, 9.17) is 0 Å². The zero-order chi connectivity index (χ0) is 13.6. The molecule has 0 aromatic carbocycles. The Morgan fingerprint density at radius 2 is 2.17 bits per heavy atom. The zero-order valence-corrected chi connectivity index (χ0v) is 11.6. The van der Waals surface area contributed by atoms with E-state index in [1.807, 2.05) is 12.1 Å². The SMILES string of the molecule is O=C(CCCc1ccc(Br)s1)NOCC(F)(F)F. The van der Waals surface area contributed by atoms with Gasteiger partial charge in [-0.3, -0.25) is 9.63 Å². The molecule has 0 saturated carbocycles. The van der Waals surface area contributed by atoms with Crippen LogP contribution in [0.4, 0.5) is 13.2 Å². The van der Waals surface area contributed by atoms with Gasteiger partial charge < -0.3 is 0 Å². The first-order valence-corrected chi connectivity index (χ1v) is 6.69. The summed E-state index contributed by atoms with van der Waals surface area (Å²) in [4.78, 5) is 16.3. The minimum atomic E-state index is -4.43. The average Bonchev–Trinajstić information content (AvgIpc) is 2.62.